The summed E-state index contributed by atoms with van der Waals surface area (Å²) in [6.45, 7) is 1.03. The van der Waals surface area contributed by atoms with Gasteiger partial charge in [0.2, 0.25) is 0 Å². The summed E-state index contributed by atoms with van der Waals surface area (Å²) in [4.78, 5) is 0. The summed E-state index contributed by atoms with van der Waals surface area (Å²) in [5, 5.41) is 10.2. The van der Waals surface area contributed by atoms with Crippen molar-refractivity contribution in [3.8, 4) is 0 Å². The maximum atomic E-state index is 10.2. The Hall–Kier alpha value is -0.570. The first-order valence-electron chi connectivity index (χ1n) is 4.70. The molecule has 0 saturated carbocycles. The standard InChI is InChI=1S/C11H13ClO2/c12-7-9-1-3-10(4-2-9)11(13)5-6-14-8-11/h1-4,13H,5-8H2. The molecule has 3 heteroatoms. The molecule has 1 fully saturated rings. The van der Waals surface area contributed by atoms with Crippen LogP contribution in [0.15, 0.2) is 24.3 Å². The first-order valence-corrected chi connectivity index (χ1v) is 5.23. The van der Waals surface area contributed by atoms with E-state index in [1.165, 1.54) is 0 Å². The summed E-state index contributed by atoms with van der Waals surface area (Å²) in [6, 6.07) is 7.73. The fourth-order valence-electron chi connectivity index (χ4n) is 1.69. The molecule has 0 aliphatic carbocycles. The van der Waals surface area contributed by atoms with Crippen molar-refractivity contribution in [1.82, 2.24) is 0 Å². The van der Waals surface area contributed by atoms with Crippen molar-refractivity contribution in [2.24, 2.45) is 0 Å². The van der Waals surface area contributed by atoms with E-state index in [9.17, 15) is 5.11 Å². The molecule has 76 valence electrons. The number of alkyl halides is 1. The lowest BCUT2D eigenvalue weighted by Gasteiger charge is -2.20. The molecule has 0 bridgehead atoms. The van der Waals surface area contributed by atoms with Crippen LogP contribution >= 0.6 is 11.6 Å². The number of aliphatic hydroxyl groups is 1. The molecule has 1 N–H and O–H groups in total. The lowest BCUT2D eigenvalue weighted by Crippen LogP contribution is -2.25. The van der Waals surface area contributed by atoms with Crippen LogP contribution in [-0.4, -0.2) is 18.3 Å². The minimum absolute atomic E-state index is 0.396. The first-order chi connectivity index (χ1) is 6.74. The third-order valence-corrected chi connectivity index (χ3v) is 2.96. The molecule has 1 saturated heterocycles. The van der Waals surface area contributed by atoms with Gasteiger partial charge in [0.15, 0.2) is 0 Å². The minimum atomic E-state index is -0.787. The lowest BCUT2D eigenvalue weighted by molar-refractivity contribution is 0.0232. The van der Waals surface area contributed by atoms with Crippen molar-refractivity contribution in [2.45, 2.75) is 17.9 Å². The molecule has 1 heterocycles. The third-order valence-electron chi connectivity index (χ3n) is 2.65. The fraction of sp³-hybridized carbons (Fsp3) is 0.455. The molecule has 14 heavy (non-hydrogen) atoms. The van der Waals surface area contributed by atoms with E-state index >= 15 is 0 Å². The number of hydrogen-bond donors (Lipinski definition) is 1. The number of halogens is 1. The van der Waals surface area contributed by atoms with Gasteiger partial charge in [-0.15, -0.1) is 11.6 Å². The molecular weight excluding hydrogens is 200 g/mol. The summed E-state index contributed by atoms with van der Waals surface area (Å²) in [5.41, 5.74) is 1.20. The van der Waals surface area contributed by atoms with Crippen LogP contribution in [0.4, 0.5) is 0 Å². The van der Waals surface area contributed by atoms with Gasteiger partial charge in [-0.1, -0.05) is 24.3 Å². The van der Waals surface area contributed by atoms with E-state index in [0.29, 0.717) is 25.5 Å². The van der Waals surface area contributed by atoms with Gasteiger partial charge >= 0.3 is 0 Å². The van der Waals surface area contributed by atoms with Gasteiger partial charge in [-0.2, -0.15) is 0 Å². The van der Waals surface area contributed by atoms with E-state index in [2.05, 4.69) is 0 Å². The maximum Gasteiger partial charge on any atom is 0.115 e. The molecule has 1 aliphatic rings. The normalized spacial score (nSPS) is 26.7. The second-order valence-electron chi connectivity index (χ2n) is 3.66. The van der Waals surface area contributed by atoms with Gasteiger partial charge < -0.3 is 9.84 Å². The molecule has 1 aromatic carbocycles. The molecule has 2 rings (SSSR count). The Kier molecular flexibility index (Phi) is 2.77. The van der Waals surface area contributed by atoms with E-state index in [4.69, 9.17) is 16.3 Å². The van der Waals surface area contributed by atoms with Gasteiger partial charge in [0, 0.05) is 18.9 Å². The first kappa shape index (κ1) is 9.97. The zero-order valence-electron chi connectivity index (χ0n) is 7.87. The summed E-state index contributed by atoms with van der Waals surface area (Å²) >= 11 is 5.69. The van der Waals surface area contributed by atoms with Crippen molar-refractivity contribution in [2.75, 3.05) is 13.2 Å². The van der Waals surface area contributed by atoms with Gasteiger partial charge in [-0.25, -0.2) is 0 Å². The Labute approximate surface area is 88.5 Å². The van der Waals surface area contributed by atoms with Crippen LogP contribution in [0, 0.1) is 0 Å². The predicted molar refractivity (Wildman–Crippen MR) is 55.3 cm³/mol. The number of benzene rings is 1. The highest BCUT2D eigenvalue weighted by atomic mass is 35.5. The Morgan fingerprint density at radius 1 is 1.36 bits per heavy atom. The molecule has 1 aliphatic heterocycles. The van der Waals surface area contributed by atoms with Crippen LogP contribution in [0.3, 0.4) is 0 Å². The fourth-order valence-corrected chi connectivity index (χ4v) is 1.86. The largest absolute Gasteiger partial charge is 0.383 e. The molecule has 1 atom stereocenters. The molecule has 0 radical (unpaired) electrons. The van der Waals surface area contributed by atoms with E-state index in [1.807, 2.05) is 24.3 Å². The molecular formula is C11H13ClO2. The zero-order valence-corrected chi connectivity index (χ0v) is 8.63. The van der Waals surface area contributed by atoms with Crippen LogP contribution in [0.2, 0.25) is 0 Å². The molecule has 2 nitrogen and oxygen atoms in total. The quantitative estimate of drug-likeness (QED) is 0.761. The van der Waals surface area contributed by atoms with Gasteiger partial charge in [0.05, 0.1) is 6.61 Å². The van der Waals surface area contributed by atoms with Gasteiger partial charge in [0.25, 0.3) is 0 Å². The molecule has 0 aromatic heterocycles. The zero-order chi connectivity index (χ0) is 10.0. The predicted octanol–water partition coefficient (Wildman–Crippen LogP) is 2.03. The minimum Gasteiger partial charge on any atom is -0.383 e. The van der Waals surface area contributed by atoms with Crippen molar-refractivity contribution in [3.63, 3.8) is 0 Å². The van der Waals surface area contributed by atoms with Gasteiger partial charge in [-0.3, -0.25) is 0 Å². The van der Waals surface area contributed by atoms with Crippen LogP contribution in [0.25, 0.3) is 0 Å². The lowest BCUT2D eigenvalue weighted by atomic mass is 9.93. The highest BCUT2D eigenvalue weighted by molar-refractivity contribution is 6.17. The topological polar surface area (TPSA) is 29.5 Å². The Morgan fingerprint density at radius 2 is 2.07 bits per heavy atom. The average molecular weight is 213 g/mol. The third kappa shape index (κ3) is 1.78. The summed E-state index contributed by atoms with van der Waals surface area (Å²) < 4.78 is 5.20. The van der Waals surface area contributed by atoms with Crippen LogP contribution in [0.1, 0.15) is 17.5 Å². The van der Waals surface area contributed by atoms with Gasteiger partial charge in [-0.05, 0) is 11.1 Å². The van der Waals surface area contributed by atoms with Gasteiger partial charge in [0.1, 0.15) is 5.60 Å². The summed E-state index contributed by atoms with van der Waals surface area (Å²) in [5.74, 6) is 0.509. The average Bonchev–Trinajstić information content (AvgIpc) is 2.67. The van der Waals surface area contributed by atoms with Crippen molar-refractivity contribution >= 4 is 11.6 Å². The van der Waals surface area contributed by atoms with E-state index in [1.54, 1.807) is 0 Å². The monoisotopic (exact) mass is 212 g/mol. The van der Waals surface area contributed by atoms with E-state index < -0.39 is 5.60 Å². The maximum absolute atomic E-state index is 10.2. The summed E-state index contributed by atoms with van der Waals surface area (Å²) in [7, 11) is 0. The Morgan fingerprint density at radius 3 is 2.57 bits per heavy atom. The van der Waals surface area contributed by atoms with Crippen molar-refractivity contribution in [1.29, 1.82) is 0 Å². The smallest absolute Gasteiger partial charge is 0.115 e. The molecule has 1 aromatic rings. The number of ether oxygens (including phenoxy) is 1. The van der Waals surface area contributed by atoms with Crippen LogP contribution < -0.4 is 0 Å². The molecule has 0 amide bonds. The van der Waals surface area contributed by atoms with Crippen molar-refractivity contribution < 1.29 is 9.84 Å². The SMILES string of the molecule is OC1(c2ccc(CCl)cc2)CCOC1. The Bertz CT molecular complexity index is 302. The highest BCUT2D eigenvalue weighted by Crippen LogP contribution is 2.30. The Balaban J connectivity index is 2.23. The van der Waals surface area contributed by atoms with Crippen LogP contribution in [-0.2, 0) is 16.2 Å². The molecule has 0 spiro atoms. The number of rotatable bonds is 2. The van der Waals surface area contributed by atoms with E-state index in [-0.39, 0.29) is 0 Å². The van der Waals surface area contributed by atoms with E-state index in [0.717, 1.165) is 11.1 Å². The highest BCUT2D eigenvalue weighted by Gasteiger charge is 2.33. The number of hydrogen-bond acceptors (Lipinski definition) is 2. The van der Waals surface area contributed by atoms with Crippen molar-refractivity contribution in [3.05, 3.63) is 35.4 Å². The second kappa shape index (κ2) is 3.89. The molecule has 1 unspecified atom stereocenters. The summed E-state index contributed by atoms with van der Waals surface area (Å²) in [6.07, 6.45) is 0.674. The second-order valence-corrected chi connectivity index (χ2v) is 3.93. The van der Waals surface area contributed by atoms with Crippen LogP contribution in [0.5, 0.6) is 0 Å².